The van der Waals surface area contributed by atoms with Crippen molar-refractivity contribution in [2.24, 2.45) is 0 Å². The number of pyridine rings is 1. The molecule has 0 N–H and O–H groups in total. The lowest BCUT2D eigenvalue weighted by Gasteiger charge is -2.05. The number of hydrogen-bond acceptors (Lipinski definition) is 2. The van der Waals surface area contributed by atoms with Gasteiger partial charge in [-0.25, -0.2) is 4.98 Å². The minimum Gasteiger partial charge on any atom is -0.437 e. The van der Waals surface area contributed by atoms with Gasteiger partial charge in [-0.05, 0) is 18.2 Å². The van der Waals surface area contributed by atoms with E-state index in [-0.39, 0.29) is 0 Å². The lowest BCUT2D eigenvalue weighted by atomic mass is 10.3. The molecule has 0 aliphatic heterocycles. The summed E-state index contributed by atoms with van der Waals surface area (Å²) in [5.41, 5.74) is 0. The van der Waals surface area contributed by atoms with E-state index in [1.165, 1.54) is 0 Å². The summed E-state index contributed by atoms with van der Waals surface area (Å²) in [4.78, 5) is 3.99. The molecule has 0 fully saturated rings. The van der Waals surface area contributed by atoms with Crippen LogP contribution in [0, 0.1) is 0 Å². The van der Waals surface area contributed by atoms with E-state index in [0.29, 0.717) is 21.8 Å². The Morgan fingerprint density at radius 2 is 1.73 bits per heavy atom. The van der Waals surface area contributed by atoms with Crippen LogP contribution in [0.15, 0.2) is 42.5 Å². The summed E-state index contributed by atoms with van der Waals surface area (Å²) in [5, 5.41) is 0.929. The standard InChI is InChI=1S/C11H7Cl2NO/c12-8-4-1-2-5-9(8)15-11-7-3-6-10(13)14-11/h1-7H. The minimum atomic E-state index is 0.388. The molecule has 1 aromatic carbocycles. The molecule has 0 aliphatic carbocycles. The van der Waals surface area contributed by atoms with E-state index in [1.54, 1.807) is 30.3 Å². The maximum absolute atomic E-state index is 5.93. The molecule has 0 saturated heterocycles. The highest BCUT2D eigenvalue weighted by atomic mass is 35.5. The van der Waals surface area contributed by atoms with Crippen molar-refractivity contribution in [2.75, 3.05) is 0 Å². The second kappa shape index (κ2) is 4.51. The lowest BCUT2D eigenvalue weighted by molar-refractivity contribution is 0.463. The molecule has 0 spiro atoms. The average Bonchev–Trinajstić information content (AvgIpc) is 2.22. The minimum absolute atomic E-state index is 0.388. The van der Waals surface area contributed by atoms with Crippen molar-refractivity contribution in [2.45, 2.75) is 0 Å². The van der Waals surface area contributed by atoms with Crippen LogP contribution in [0.3, 0.4) is 0 Å². The van der Waals surface area contributed by atoms with E-state index in [2.05, 4.69) is 4.98 Å². The number of rotatable bonds is 2. The Hall–Kier alpha value is -1.25. The van der Waals surface area contributed by atoms with Crippen LogP contribution in [0.1, 0.15) is 0 Å². The fourth-order valence-electron chi connectivity index (χ4n) is 1.09. The normalized spacial score (nSPS) is 10.0. The Bertz CT molecular complexity index is 474. The molecule has 4 heteroatoms. The van der Waals surface area contributed by atoms with Gasteiger partial charge in [0.05, 0.1) is 5.02 Å². The summed E-state index contributed by atoms with van der Waals surface area (Å²) in [5.74, 6) is 0.990. The number of ether oxygens (including phenoxy) is 1. The summed E-state index contributed by atoms with van der Waals surface area (Å²) in [6, 6.07) is 12.4. The number of halogens is 2. The first-order valence-corrected chi connectivity index (χ1v) is 5.06. The van der Waals surface area contributed by atoms with E-state index in [9.17, 15) is 0 Å². The number of nitrogens with zero attached hydrogens (tertiary/aromatic N) is 1. The van der Waals surface area contributed by atoms with Crippen LogP contribution in [-0.2, 0) is 0 Å². The first-order valence-electron chi connectivity index (χ1n) is 4.30. The third-order valence-corrected chi connectivity index (χ3v) is 2.26. The smallest absolute Gasteiger partial charge is 0.220 e. The maximum atomic E-state index is 5.93. The molecule has 2 nitrogen and oxygen atoms in total. The molecule has 0 aliphatic rings. The zero-order valence-electron chi connectivity index (χ0n) is 7.65. The fourth-order valence-corrected chi connectivity index (χ4v) is 1.42. The first-order chi connectivity index (χ1) is 7.25. The molecular formula is C11H7Cl2NO. The topological polar surface area (TPSA) is 22.1 Å². The van der Waals surface area contributed by atoms with Crippen molar-refractivity contribution in [3.8, 4) is 11.6 Å². The van der Waals surface area contributed by atoms with Crippen molar-refractivity contribution < 1.29 is 4.74 Å². The second-order valence-corrected chi connectivity index (χ2v) is 3.63. The Labute approximate surface area is 97.4 Å². The quantitative estimate of drug-likeness (QED) is 0.734. The van der Waals surface area contributed by atoms with Gasteiger partial charge in [-0.1, -0.05) is 41.4 Å². The van der Waals surface area contributed by atoms with Gasteiger partial charge in [-0.2, -0.15) is 0 Å². The Morgan fingerprint density at radius 1 is 0.933 bits per heavy atom. The van der Waals surface area contributed by atoms with Crippen molar-refractivity contribution in [3.63, 3.8) is 0 Å². The van der Waals surface area contributed by atoms with Gasteiger partial charge in [0.2, 0.25) is 5.88 Å². The maximum Gasteiger partial charge on any atom is 0.220 e. The van der Waals surface area contributed by atoms with E-state index >= 15 is 0 Å². The van der Waals surface area contributed by atoms with Crippen LogP contribution in [0.5, 0.6) is 11.6 Å². The summed E-state index contributed by atoms with van der Waals surface area (Å²) in [6.07, 6.45) is 0. The molecule has 1 aromatic heterocycles. The van der Waals surface area contributed by atoms with Gasteiger partial charge in [-0.15, -0.1) is 0 Å². The number of para-hydroxylation sites is 1. The van der Waals surface area contributed by atoms with Crippen molar-refractivity contribution >= 4 is 23.2 Å². The van der Waals surface area contributed by atoms with Gasteiger partial charge in [-0.3, -0.25) is 0 Å². The molecule has 1 heterocycles. The van der Waals surface area contributed by atoms with Gasteiger partial charge < -0.3 is 4.74 Å². The molecule has 76 valence electrons. The largest absolute Gasteiger partial charge is 0.437 e. The fraction of sp³-hybridized carbons (Fsp3) is 0. The van der Waals surface area contributed by atoms with E-state index < -0.39 is 0 Å². The van der Waals surface area contributed by atoms with Crippen LogP contribution < -0.4 is 4.74 Å². The summed E-state index contributed by atoms with van der Waals surface area (Å²) < 4.78 is 5.46. The highest BCUT2D eigenvalue weighted by Crippen LogP contribution is 2.27. The van der Waals surface area contributed by atoms with Gasteiger partial charge in [0.1, 0.15) is 10.9 Å². The lowest BCUT2D eigenvalue weighted by Crippen LogP contribution is -1.87. The highest BCUT2D eigenvalue weighted by Gasteiger charge is 2.02. The molecule has 2 aromatic rings. The van der Waals surface area contributed by atoms with Gasteiger partial charge in [0, 0.05) is 6.07 Å². The van der Waals surface area contributed by atoms with Crippen LogP contribution in [0.2, 0.25) is 10.2 Å². The van der Waals surface area contributed by atoms with Crippen molar-refractivity contribution in [3.05, 3.63) is 52.6 Å². The van der Waals surface area contributed by atoms with Crippen LogP contribution >= 0.6 is 23.2 Å². The van der Waals surface area contributed by atoms with E-state index in [4.69, 9.17) is 27.9 Å². The van der Waals surface area contributed by atoms with Crippen LogP contribution in [0.4, 0.5) is 0 Å². The highest BCUT2D eigenvalue weighted by molar-refractivity contribution is 6.32. The zero-order valence-corrected chi connectivity index (χ0v) is 9.16. The monoisotopic (exact) mass is 239 g/mol. The molecule has 0 bridgehead atoms. The van der Waals surface area contributed by atoms with Gasteiger partial charge >= 0.3 is 0 Å². The second-order valence-electron chi connectivity index (χ2n) is 2.83. The zero-order chi connectivity index (χ0) is 10.7. The van der Waals surface area contributed by atoms with E-state index in [1.807, 2.05) is 12.1 Å². The summed E-state index contributed by atoms with van der Waals surface area (Å²) >= 11 is 11.7. The molecule has 0 unspecified atom stereocenters. The Balaban J connectivity index is 2.26. The summed E-state index contributed by atoms with van der Waals surface area (Å²) in [6.45, 7) is 0. The first kappa shape index (κ1) is 10.3. The summed E-state index contributed by atoms with van der Waals surface area (Å²) in [7, 11) is 0. The molecule has 15 heavy (non-hydrogen) atoms. The predicted molar refractivity (Wildman–Crippen MR) is 60.8 cm³/mol. The molecule has 0 amide bonds. The molecule has 0 saturated carbocycles. The van der Waals surface area contributed by atoms with Gasteiger partial charge in [0.15, 0.2) is 0 Å². The number of aromatic nitrogens is 1. The third kappa shape index (κ3) is 2.61. The molecule has 0 atom stereocenters. The predicted octanol–water partition coefficient (Wildman–Crippen LogP) is 4.18. The third-order valence-electron chi connectivity index (χ3n) is 1.74. The number of benzene rings is 1. The Morgan fingerprint density at radius 3 is 2.47 bits per heavy atom. The molecule has 2 rings (SSSR count). The molecule has 0 radical (unpaired) electrons. The van der Waals surface area contributed by atoms with Crippen LogP contribution in [0.25, 0.3) is 0 Å². The van der Waals surface area contributed by atoms with E-state index in [0.717, 1.165) is 0 Å². The van der Waals surface area contributed by atoms with Crippen molar-refractivity contribution in [1.82, 2.24) is 4.98 Å². The van der Waals surface area contributed by atoms with Crippen molar-refractivity contribution in [1.29, 1.82) is 0 Å². The van der Waals surface area contributed by atoms with Gasteiger partial charge in [0.25, 0.3) is 0 Å². The number of hydrogen-bond donors (Lipinski definition) is 0. The average molecular weight is 240 g/mol. The van der Waals surface area contributed by atoms with Crippen LogP contribution in [-0.4, -0.2) is 4.98 Å². The SMILES string of the molecule is Clc1cccc(Oc2ccccc2Cl)n1. The molecular weight excluding hydrogens is 233 g/mol. The Kier molecular flexibility index (Phi) is 3.09.